The Morgan fingerprint density at radius 1 is 1.47 bits per heavy atom. The van der Waals surface area contributed by atoms with Gasteiger partial charge in [0.2, 0.25) is 0 Å². The van der Waals surface area contributed by atoms with E-state index in [1.54, 1.807) is 0 Å². The fourth-order valence-electron chi connectivity index (χ4n) is 1.48. The molecule has 0 amide bonds. The second-order valence-corrected chi connectivity index (χ2v) is 3.86. The van der Waals surface area contributed by atoms with E-state index in [1.165, 1.54) is 18.2 Å². The second kappa shape index (κ2) is 4.82. The van der Waals surface area contributed by atoms with E-state index in [0.717, 1.165) is 6.42 Å². The molecule has 1 aromatic rings. The van der Waals surface area contributed by atoms with Gasteiger partial charge in [-0.2, -0.15) is 0 Å². The first kappa shape index (κ1) is 11.6. The lowest BCUT2D eigenvalue weighted by Crippen LogP contribution is -2.06. The first-order valence-corrected chi connectivity index (χ1v) is 5.09. The summed E-state index contributed by atoms with van der Waals surface area (Å²) in [7, 11) is 0. The van der Waals surface area contributed by atoms with Gasteiger partial charge in [-0.1, -0.05) is 20.3 Å². The van der Waals surface area contributed by atoms with Crippen molar-refractivity contribution in [1.29, 1.82) is 0 Å². The number of rotatable bonds is 4. The largest absolute Gasteiger partial charge is 0.508 e. The highest BCUT2D eigenvalue weighted by atomic mass is 16.4. The summed E-state index contributed by atoms with van der Waals surface area (Å²) >= 11 is 0. The molecule has 82 valence electrons. The Bertz CT molecular complexity index is 358. The van der Waals surface area contributed by atoms with Crippen molar-refractivity contribution < 1.29 is 15.0 Å². The van der Waals surface area contributed by atoms with Crippen molar-refractivity contribution >= 4 is 5.97 Å². The summed E-state index contributed by atoms with van der Waals surface area (Å²) in [5, 5.41) is 18.3. The average molecular weight is 208 g/mol. The van der Waals surface area contributed by atoms with Gasteiger partial charge in [-0.3, -0.25) is 0 Å². The monoisotopic (exact) mass is 208 g/mol. The van der Waals surface area contributed by atoms with Gasteiger partial charge in [-0.15, -0.1) is 0 Å². The number of phenolic OH excluding ortho intramolecular Hbond substituents is 1. The first-order valence-electron chi connectivity index (χ1n) is 5.09. The summed E-state index contributed by atoms with van der Waals surface area (Å²) in [5.41, 5.74) is 0.991. The summed E-state index contributed by atoms with van der Waals surface area (Å²) < 4.78 is 0. The fraction of sp³-hybridized carbons (Fsp3) is 0.417. The first-order chi connectivity index (χ1) is 7.04. The number of carboxylic acid groups (broad SMARTS) is 1. The van der Waals surface area contributed by atoms with Crippen LogP contribution in [-0.2, 0) is 6.42 Å². The van der Waals surface area contributed by atoms with Crippen LogP contribution in [0.1, 0.15) is 36.2 Å². The van der Waals surface area contributed by atoms with Crippen LogP contribution < -0.4 is 0 Å². The molecule has 0 bridgehead atoms. The molecular formula is C12H16O3. The van der Waals surface area contributed by atoms with Gasteiger partial charge in [0.25, 0.3) is 0 Å². The summed E-state index contributed by atoms with van der Waals surface area (Å²) in [6.07, 6.45) is 1.68. The van der Waals surface area contributed by atoms with Crippen LogP contribution in [0.2, 0.25) is 0 Å². The minimum Gasteiger partial charge on any atom is -0.508 e. The molecule has 3 nitrogen and oxygen atoms in total. The maximum atomic E-state index is 10.9. The zero-order valence-electron chi connectivity index (χ0n) is 9.03. The van der Waals surface area contributed by atoms with Crippen LogP contribution in [0.3, 0.4) is 0 Å². The van der Waals surface area contributed by atoms with Crippen molar-refractivity contribution in [2.45, 2.75) is 26.7 Å². The van der Waals surface area contributed by atoms with E-state index in [0.29, 0.717) is 17.9 Å². The van der Waals surface area contributed by atoms with Crippen LogP contribution in [-0.4, -0.2) is 16.2 Å². The van der Waals surface area contributed by atoms with Crippen molar-refractivity contribution in [2.75, 3.05) is 0 Å². The number of carboxylic acids is 1. The van der Waals surface area contributed by atoms with E-state index in [9.17, 15) is 9.90 Å². The number of aromatic hydroxyl groups is 1. The van der Waals surface area contributed by atoms with Crippen molar-refractivity contribution in [1.82, 2.24) is 0 Å². The molecule has 2 N–H and O–H groups in total. The van der Waals surface area contributed by atoms with Crippen LogP contribution in [0.4, 0.5) is 0 Å². The number of phenols is 1. The second-order valence-electron chi connectivity index (χ2n) is 3.86. The molecule has 0 aliphatic heterocycles. The summed E-state index contributed by atoms with van der Waals surface area (Å²) in [5.74, 6) is -0.392. The molecule has 1 atom stereocenters. The lowest BCUT2D eigenvalue weighted by atomic mass is 9.95. The molecular weight excluding hydrogens is 192 g/mol. The molecule has 3 heteroatoms. The third kappa shape index (κ3) is 2.98. The molecule has 15 heavy (non-hydrogen) atoms. The summed E-state index contributed by atoms with van der Waals surface area (Å²) in [6, 6.07) is 4.40. The molecule has 0 aliphatic carbocycles. The molecule has 1 aromatic carbocycles. The number of carbonyl (C=O) groups is 1. The van der Waals surface area contributed by atoms with Crippen LogP contribution in [0, 0.1) is 5.92 Å². The van der Waals surface area contributed by atoms with Gasteiger partial charge in [0.05, 0.1) is 5.56 Å². The van der Waals surface area contributed by atoms with E-state index in [4.69, 9.17) is 5.11 Å². The number of hydrogen-bond donors (Lipinski definition) is 2. The third-order valence-electron chi connectivity index (χ3n) is 2.58. The lowest BCUT2D eigenvalue weighted by molar-refractivity contribution is 0.0695. The van der Waals surface area contributed by atoms with Gasteiger partial charge in [0.15, 0.2) is 0 Å². The van der Waals surface area contributed by atoms with Crippen LogP contribution in [0.5, 0.6) is 5.75 Å². The molecule has 1 rings (SSSR count). The van der Waals surface area contributed by atoms with E-state index in [-0.39, 0.29) is 11.3 Å². The molecule has 0 fully saturated rings. The Balaban J connectivity index is 3.02. The molecule has 0 saturated carbocycles. The molecule has 0 heterocycles. The van der Waals surface area contributed by atoms with E-state index in [1.807, 2.05) is 0 Å². The molecule has 0 saturated heterocycles. The summed E-state index contributed by atoms with van der Waals surface area (Å²) in [6.45, 7) is 4.13. The summed E-state index contributed by atoms with van der Waals surface area (Å²) in [4.78, 5) is 10.9. The van der Waals surface area contributed by atoms with Crippen molar-refractivity contribution in [3.8, 4) is 5.75 Å². The highest BCUT2D eigenvalue weighted by molar-refractivity contribution is 5.89. The molecule has 0 aliphatic rings. The van der Waals surface area contributed by atoms with Gasteiger partial charge in [-0.25, -0.2) is 4.79 Å². The number of benzene rings is 1. The quantitative estimate of drug-likeness (QED) is 0.799. The van der Waals surface area contributed by atoms with Gasteiger partial charge in [-0.05, 0) is 36.1 Å². The van der Waals surface area contributed by atoms with E-state index >= 15 is 0 Å². The Hall–Kier alpha value is -1.51. The van der Waals surface area contributed by atoms with Crippen molar-refractivity contribution in [3.05, 3.63) is 29.3 Å². The average Bonchev–Trinajstić information content (AvgIpc) is 2.17. The topological polar surface area (TPSA) is 57.5 Å². The maximum absolute atomic E-state index is 10.9. The zero-order valence-corrected chi connectivity index (χ0v) is 9.03. The molecule has 0 unspecified atom stereocenters. The minimum atomic E-state index is -0.937. The van der Waals surface area contributed by atoms with Crippen molar-refractivity contribution in [2.24, 2.45) is 5.92 Å². The smallest absolute Gasteiger partial charge is 0.335 e. The van der Waals surface area contributed by atoms with Crippen LogP contribution in [0.15, 0.2) is 18.2 Å². The number of aromatic carboxylic acids is 1. The highest BCUT2D eigenvalue weighted by Gasteiger charge is 2.12. The Labute approximate surface area is 89.4 Å². The number of hydrogen-bond acceptors (Lipinski definition) is 2. The Kier molecular flexibility index (Phi) is 3.72. The predicted octanol–water partition coefficient (Wildman–Crippen LogP) is 2.68. The third-order valence-corrected chi connectivity index (χ3v) is 2.58. The molecule has 0 spiro atoms. The van der Waals surface area contributed by atoms with Gasteiger partial charge >= 0.3 is 5.97 Å². The van der Waals surface area contributed by atoms with Gasteiger partial charge in [0, 0.05) is 0 Å². The standard InChI is InChI=1S/C12H16O3/c1-3-8(2)6-9-7-10(13)4-5-11(9)12(14)15/h4-5,7-8,13H,3,6H2,1-2H3,(H,14,15)/t8-/m0/s1. The van der Waals surface area contributed by atoms with E-state index < -0.39 is 5.97 Å². The van der Waals surface area contributed by atoms with Crippen LogP contribution in [0.25, 0.3) is 0 Å². The highest BCUT2D eigenvalue weighted by Crippen LogP contribution is 2.21. The fourth-order valence-corrected chi connectivity index (χ4v) is 1.48. The normalized spacial score (nSPS) is 12.4. The van der Waals surface area contributed by atoms with Crippen LogP contribution >= 0.6 is 0 Å². The molecule has 0 radical (unpaired) electrons. The Morgan fingerprint density at radius 2 is 2.13 bits per heavy atom. The van der Waals surface area contributed by atoms with Gasteiger partial charge < -0.3 is 10.2 Å². The predicted molar refractivity (Wildman–Crippen MR) is 58.2 cm³/mol. The SMILES string of the molecule is CC[C@H](C)Cc1cc(O)ccc1C(=O)O. The maximum Gasteiger partial charge on any atom is 0.335 e. The van der Waals surface area contributed by atoms with E-state index in [2.05, 4.69) is 13.8 Å². The zero-order chi connectivity index (χ0) is 11.4. The Morgan fingerprint density at radius 3 is 2.67 bits per heavy atom. The van der Waals surface area contributed by atoms with Gasteiger partial charge in [0.1, 0.15) is 5.75 Å². The minimum absolute atomic E-state index is 0.123. The molecule has 0 aromatic heterocycles. The lowest BCUT2D eigenvalue weighted by Gasteiger charge is -2.11. The van der Waals surface area contributed by atoms with Crippen molar-refractivity contribution in [3.63, 3.8) is 0 Å².